The van der Waals surface area contributed by atoms with Gasteiger partial charge in [0.15, 0.2) is 15.0 Å². The Morgan fingerprint density at radius 2 is 1.97 bits per heavy atom. The molecule has 0 aliphatic carbocycles. The molecule has 2 atom stereocenters. The molecule has 1 saturated heterocycles. The smallest absolute Gasteiger partial charge is 0.244 e. The highest BCUT2D eigenvalue weighted by molar-refractivity contribution is 8.15. The Morgan fingerprint density at radius 3 is 2.71 bits per heavy atom. The number of sulfone groups is 1. The number of carbonyl (C=O) groups excluding carboxylic acids is 1. The molecule has 4 rings (SSSR count). The molecule has 2 aromatic carbocycles. The van der Waals surface area contributed by atoms with E-state index in [9.17, 15) is 17.6 Å². The van der Waals surface area contributed by atoms with Gasteiger partial charge in [0.25, 0.3) is 0 Å². The third-order valence-corrected chi connectivity index (χ3v) is 8.19. The predicted molar refractivity (Wildman–Crippen MR) is 121 cm³/mol. The fourth-order valence-corrected chi connectivity index (χ4v) is 7.36. The summed E-state index contributed by atoms with van der Waals surface area (Å²) in [5.41, 5.74) is 0.733. The van der Waals surface area contributed by atoms with Crippen LogP contribution in [0, 0.1) is 5.82 Å². The maximum Gasteiger partial charge on any atom is 0.244 e. The molecule has 0 spiro atoms. The Morgan fingerprint density at radius 1 is 1.23 bits per heavy atom. The molecule has 0 aromatic heterocycles. The lowest BCUT2D eigenvalue weighted by Gasteiger charge is -2.24. The molecule has 2 heterocycles. The number of nitrogens with one attached hydrogen (secondary N) is 1. The van der Waals surface area contributed by atoms with Gasteiger partial charge in [-0.1, -0.05) is 36.0 Å². The SMILES string of the molecule is CCOc1ccccc1NC(=O)CN(C1=NC2CS(=O)(=O)CC2S1)c1ccccc1F. The topological polar surface area (TPSA) is 88.1 Å². The van der Waals surface area contributed by atoms with Gasteiger partial charge in [-0.2, -0.15) is 0 Å². The van der Waals surface area contributed by atoms with Crippen LogP contribution in [0.4, 0.5) is 15.8 Å². The largest absolute Gasteiger partial charge is 0.492 e. The zero-order valence-corrected chi connectivity index (χ0v) is 18.5. The first-order valence-electron chi connectivity index (χ1n) is 9.85. The summed E-state index contributed by atoms with van der Waals surface area (Å²) in [6, 6.07) is 12.8. The van der Waals surface area contributed by atoms with Crippen LogP contribution in [0.5, 0.6) is 5.75 Å². The van der Waals surface area contributed by atoms with E-state index in [4.69, 9.17) is 4.74 Å². The van der Waals surface area contributed by atoms with Gasteiger partial charge < -0.3 is 15.0 Å². The van der Waals surface area contributed by atoms with Crippen LogP contribution in [0.25, 0.3) is 0 Å². The van der Waals surface area contributed by atoms with Crippen LogP contribution < -0.4 is 15.0 Å². The van der Waals surface area contributed by atoms with Crippen LogP contribution >= 0.6 is 11.8 Å². The summed E-state index contributed by atoms with van der Waals surface area (Å²) in [6.07, 6.45) is 0. The first-order valence-corrected chi connectivity index (χ1v) is 12.5. The van der Waals surface area contributed by atoms with E-state index in [1.807, 2.05) is 13.0 Å². The average Bonchev–Trinajstić information content (AvgIpc) is 3.22. The van der Waals surface area contributed by atoms with E-state index in [2.05, 4.69) is 10.3 Å². The van der Waals surface area contributed by atoms with Crippen molar-refractivity contribution in [2.75, 3.05) is 34.9 Å². The van der Waals surface area contributed by atoms with Crippen molar-refractivity contribution in [2.24, 2.45) is 4.99 Å². The zero-order valence-electron chi connectivity index (χ0n) is 16.8. The number of carbonyl (C=O) groups is 1. The van der Waals surface area contributed by atoms with Crippen molar-refractivity contribution in [3.8, 4) is 5.75 Å². The molecule has 1 fully saturated rings. The van der Waals surface area contributed by atoms with Crippen molar-refractivity contribution in [1.29, 1.82) is 0 Å². The highest BCUT2D eigenvalue weighted by Gasteiger charge is 2.44. The number of halogens is 1. The number of para-hydroxylation sites is 3. The molecular weight excluding hydrogens is 441 g/mol. The maximum absolute atomic E-state index is 14.6. The highest BCUT2D eigenvalue weighted by Crippen LogP contribution is 2.37. The summed E-state index contributed by atoms with van der Waals surface area (Å²) < 4.78 is 43.9. The minimum atomic E-state index is -3.12. The van der Waals surface area contributed by atoms with Crippen LogP contribution in [-0.2, 0) is 14.6 Å². The van der Waals surface area contributed by atoms with Crippen LogP contribution in [0.2, 0.25) is 0 Å². The average molecular weight is 464 g/mol. The molecule has 0 radical (unpaired) electrons. The van der Waals surface area contributed by atoms with Gasteiger partial charge in [0.05, 0.1) is 35.5 Å². The first-order chi connectivity index (χ1) is 14.9. The van der Waals surface area contributed by atoms with Gasteiger partial charge in [-0.3, -0.25) is 9.79 Å². The number of anilines is 2. The van der Waals surface area contributed by atoms with E-state index in [0.717, 1.165) is 0 Å². The lowest BCUT2D eigenvalue weighted by Crippen LogP contribution is -2.37. The van der Waals surface area contributed by atoms with E-state index >= 15 is 0 Å². The van der Waals surface area contributed by atoms with Crippen LogP contribution in [0.3, 0.4) is 0 Å². The number of nitrogens with zero attached hydrogens (tertiary/aromatic N) is 2. The quantitative estimate of drug-likeness (QED) is 0.709. The Labute approximate surface area is 184 Å². The molecule has 2 aliphatic rings. The number of aliphatic imine (C=N–C) groups is 1. The van der Waals surface area contributed by atoms with Gasteiger partial charge >= 0.3 is 0 Å². The molecule has 31 heavy (non-hydrogen) atoms. The Bertz CT molecular complexity index is 1120. The second-order valence-electron chi connectivity index (χ2n) is 7.23. The van der Waals surface area contributed by atoms with Gasteiger partial charge in [0.1, 0.15) is 18.1 Å². The zero-order chi connectivity index (χ0) is 22.0. The summed E-state index contributed by atoms with van der Waals surface area (Å²) in [7, 11) is -3.12. The predicted octanol–water partition coefficient (Wildman–Crippen LogP) is 2.94. The second-order valence-corrected chi connectivity index (χ2v) is 10.6. The van der Waals surface area contributed by atoms with Crippen molar-refractivity contribution in [3.63, 3.8) is 0 Å². The van der Waals surface area contributed by atoms with E-state index in [1.165, 1.54) is 22.7 Å². The van der Waals surface area contributed by atoms with E-state index in [0.29, 0.717) is 23.2 Å². The number of hydrogen-bond donors (Lipinski definition) is 1. The number of ether oxygens (including phenoxy) is 1. The Hall–Kier alpha value is -2.59. The third-order valence-electron chi connectivity index (χ3n) is 4.94. The van der Waals surface area contributed by atoms with Crippen molar-refractivity contribution in [1.82, 2.24) is 0 Å². The maximum atomic E-state index is 14.6. The molecule has 1 N–H and O–H groups in total. The van der Waals surface area contributed by atoms with Gasteiger partial charge in [-0.15, -0.1) is 0 Å². The molecule has 2 aliphatic heterocycles. The van der Waals surface area contributed by atoms with E-state index in [-0.39, 0.29) is 40.9 Å². The molecule has 2 unspecified atom stereocenters. The third kappa shape index (κ3) is 4.85. The fourth-order valence-electron chi connectivity index (χ4n) is 3.58. The highest BCUT2D eigenvalue weighted by atomic mass is 32.2. The van der Waals surface area contributed by atoms with Crippen molar-refractivity contribution in [3.05, 3.63) is 54.3 Å². The number of amidine groups is 1. The van der Waals surface area contributed by atoms with Crippen LogP contribution in [0.1, 0.15) is 6.92 Å². The second kappa shape index (κ2) is 8.88. The number of rotatable bonds is 6. The van der Waals surface area contributed by atoms with Crippen molar-refractivity contribution >= 4 is 44.0 Å². The lowest BCUT2D eigenvalue weighted by molar-refractivity contribution is -0.114. The molecule has 7 nitrogen and oxygen atoms in total. The van der Waals surface area contributed by atoms with Gasteiger partial charge in [0.2, 0.25) is 5.91 Å². The Balaban J connectivity index is 1.58. The van der Waals surface area contributed by atoms with Gasteiger partial charge in [-0.25, -0.2) is 12.8 Å². The molecule has 0 bridgehead atoms. The van der Waals surface area contributed by atoms with Crippen molar-refractivity contribution < 1.29 is 22.3 Å². The molecule has 1 amide bonds. The molecule has 0 saturated carbocycles. The van der Waals surface area contributed by atoms with Gasteiger partial charge in [-0.05, 0) is 31.2 Å². The number of amides is 1. The number of benzene rings is 2. The van der Waals surface area contributed by atoms with Gasteiger partial charge in [0, 0.05) is 5.25 Å². The number of hydrogen-bond acceptors (Lipinski definition) is 7. The molecule has 164 valence electrons. The monoisotopic (exact) mass is 463 g/mol. The molecular formula is C21H22FN3O4S2. The molecule has 10 heteroatoms. The fraction of sp³-hybridized carbons (Fsp3) is 0.333. The standard InChI is InChI=1S/C21H22FN3O4S2/c1-2-29-18-10-6-4-8-15(18)23-20(26)11-25(17-9-5-3-7-14(17)22)21-24-16-12-31(27,28)13-19(16)30-21/h3-10,16,19H,2,11-13H2,1H3,(H,23,26). The van der Waals surface area contributed by atoms with E-state index < -0.39 is 15.7 Å². The normalized spacial score (nSPS) is 21.3. The minimum absolute atomic E-state index is 0.0206. The van der Waals surface area contributed by atoms with Crippen LogP contribution in [0.15, 0.2) is 53.5 Å². The van der Waals surface area contributed by atoms with Crippen molar-refractivity contribution in [2.45, 2.75) is 18.2 Å². The summed E-state index contributed by atoms with van der Waals surface area (Å²) in [5, 5.41) is 3.05. The minimum Gasteiger partial charge on any atom is -0.492 e. The number of fused-ring (bicyclic) bond motifs is 1. The summed E-state index contributed by atoms with van der Waals surface area (Å²) in [5.74, 6) is -0.300. The van der Waals surface area contributed by atoms with E-state index in [1.54, 1.807) is 36.4 Å². The Kier molecular flexibility index (Phi) is 6.19. The lowest BCUT2D eigenvalue weighted by atomic mass is 10.2. The summed E-state index contributed by atoms with van der Waals surface area (Å²) in [6.45, 7) is 2.12. The molecule has 2 aromatic rings. The number of thioether (sulfide) groups is 1. The van der Waals surface area contributed by atoms with Crippen LogP contribution in [-0.4, -0.2) is 55.4 Å². The summed E-state index contributed by atoms with van der Waals surface area (Å²) in [4.78, 5) is 18.9. The summed E-state index contributed by atoms with van der Waals surface area (Å²) >= 11 is 1.28. The first kappa shape index (κ1) is 21.6.